The Morgan fingerprint density at radius 2 is 2.13 bits per heavy atom. The molecule has 2 rings (SSSR count). The van der Waals surface area contributed by atoms with Gasteiger partial charge < -0.3 is 10.4 Å². The van der Waals surface area contributed by atoms with Crippen LogP contribution in [-0.2, 0) is 4.79 Å². The molecule has 3 heteroatoms. The minimum absolute atomic E-state index is 0.210. The van der Waals surface area contributed by atoms with Crippen molar-refractivity contribution >= 4 is 5.97 Å². The summed E-state index contributed by atoms with van der Waals surface area (Å²) < 4.78 is 0. The van der Waals surface area contributed by atoms with Crippen LogP contribution in [0.3, 0.4) is 0 Å². The average Bonchev–Trinajstić information content (AvgIpc) is 2.66. The molecule has 1 aromatic rings. The molecule has 0 spiro atoms. The molecule has 3 nitrogen and oxygen atoms in total. The fourth-order valence-corrected chi connectivity index (χ4v) is 2.25. The van der Waals surface area contributed by atoms with Gasteiger partial charge in [-0.1, -0.05) is 30.3 Å². The number of hydrogen-bond acceptors (Lipinski definition) is 2. The lowest BCUT2D eigenvalue weighted by Gasteiger charge is -2.18. The molecule has 2 unspecified atom stereocenters. The summed E-state index contributed by atoms with van der Waals surface area (Å²) in [6.45, 7) is 0.914. The van der Waals surface area contributed by atoms with Gasteiger partial charge in [-0.3, -0.25) is 4.79 Å². The van der Waals surface area contributed by atoms with E-state index < -0.39 is 5.97 Å². The number of rotatable bonds is 3. The number of benzene rings is 1. The highest BCUT2D eigenvalue weighted by molar-refractivity contribution is 5.67. The summed E-state index contributed by atoms with van der Waals surface area (Å²) >= 11 is 0. The number of carbonyl (C=O) groups is 1. The van der Waals surface area contributed by atoms with Gasteiger partial charge in [-0.15, -0.1) is 0 Å². The second kappa shape index (κ2) is 4.45. The van der Waals surface area contributed by atoms with Crippen LogP contribution in [0.4, 0.5) is 0 Å². The van der Waals surface area contributed by atoms with Gasteiger partial charge in [0.1, 0.15) is 0 Å². The van der Waals surface area contributed by atoms with Gasteiger partial charge >= 0.3 is 5.97 Å². The second-order valence-electron chi connectivity index (χ2n) is 3.99. The molecule has 2 N–H and O–H groups in total. The van der Waals surface area contributed by atoms with Gasteiger partial charge in [0.15, 0.2) is 0 Å². The zero-order valence-electron chi connectivity index (χ0n) is 8.52. The van der Waals surface area contributed by atoms with Crippen molar-refractivity contribution in [1.29, 1.82) is 0 Å². The van der Waals surface area contributed by atoms with E-state index in [9.17, 15) is 4.79 Å². The third-order valence-electron chi connectivity index (χ3n) is 2.95. The van der Waals surface area contributed by atoms with Gasteiger partial charge in [0.05, 0.1) is 6.42 Å². The topological polar surface area (TPSA) is 49.3 Å². The summed E-state index contributed by atoms with van der Waals surface area (Å²) in [4.78, 5) is 10.7. The lowest BCUT2D eigenvalue weighted by Crippen LogP contribution is -2.19. The van der Waals surface area contributed by atoms with Crippen molar-refractivity contribution in [2.75, 3.05) is 6.54 Å². The van der Waals surface area contributed by atoms with E-state index in [1.807, 2.05) is 18.2 Å². The molecule has 0 aromatic heterocycles. The summed E-state index contributed by atoms with van der Waals surface area (Å²) in [6.07, 6.45) is 1.21. The Morgan fingerprint density at radius 1 is 1.40 bits per heavy atom. The largest absolute Gasteiger partial charge is 0.481 e. The molecule has 0 amide bonds. The SMILES string of the molecule is O=C(O)CC1CCNC1c1ccccc1. The van der Waals surface area contributed by atoms with E-state index >= 15 is 0 Å². The lowest BCUT2D eigenvalue weighted by molar-refractivity contribution is -0.138. The Labute approximate surface area is 89.1 Å². The average molecular weight is 205 g/mol. The molecule has 2 atom stereocenters. The third kappa shape index (κ3) is 2.36. The molecule has 0 aliphatic carbocycles. The number of carboxylic acid groups (broad SMARTS) is 1. The summed E-state index contributed by atoms with van der Waals surface area (Å²) in [5, 5.41) is 12.2. The highest BCUT2D eigenvalue weighted by Gasteiger charge is 2.29. The predicted molar refractivity (Wildman–Crippen MR) is 57.5 cm³/mol. The molecule has 1 fully saturated rings. The van der Waals surface area contributed by atoms with Crippen LogP contribution in [0.1, 0.15) is 24.4 Å². The Kier molecular flexibility index (Phi) is 3.02. The number of hydrogen-bond donors (Lipinski definition) is 2. The predicted octanol–water partition coefficient (Wildman–Crippen LogP) is 1.81. The first-order valence-corrected chi connectivity index (χ1v) is 5.27. The van der Waals surface area contributed by atoms with Crippen LogP contribution in [0.15, 0.2) is 30.3 Å². The van der Waals surface area contributed by atoms with Crippen LogP contribution in [-0.4, -0.2) is 17.6 Å². The van der Waals surface area contributed by atoms with Gasteiger partial charge in [-0.25, -0.2) is 0 Å². The second-order valence-corrected chi connectivity index (χ2v) is 3.99. The Hall–Kier alpha value is -1.35. The molecule has 1 aromatic carbocycles. The normalized spacial score (nSPS) is 25.3. The van der Waals surface area contributed by atoms with E-state index in [2.05, 4.69) is 17.4 Å². The molecular formula is C12H15NO2. The third-order valence-corrected chi connectivity index (χ3v) is 2.95. The van der Waals surface area contributed by atoms with Gasteiger partial charge in [-0.05, 0) is 24.4 Å². The first kappa shape index (κ1) is 10.2. The van der Waals surface area contributed by atoms with E-state index in [-0.39, 0.29) is 18.4 Å². The highest BCUT2D eigenvalue weighted by Crippen LogP contribution is 2.31. The first-order valence-electron chi connectivity index (χ1n) is 5.27. The summed E-state index contributed by atoms with van der Waals surface area (Å²) in [5.41, 5.74) is 1.20. The standard InChI is InChI=1S/C12H15NO2/c14-11(15)8-10-6-7-13-12(10)9-4-2-1-3-5-9/h1-5,10,12-13H,6-8H2,(H,14,15). The van der Waals surface area contributed by atoms with E-state index in [4.69, 9.17) is 5.11 Å². The van der Waals surface area contributed by atoms with Crippen LogP contribution in [0.25, 0.3) is 0 Å². The van der Waals surface area contributed by atoms with Crippen molar-refractivity contribution in [3.8, 4) is 0 Å². The highest BCUT2D eigenvalue weighted by atomic mass is 16.4. The van der Waals surface area contributed by atoms with Crippen LogP contribution in [0.2, 0.25) is 0 Å². The minimum Gasteiger partial charge on any atom is -0.481 e. The maximum absolute atomic E-state index is 10.7. The monoisotopic (exact) mass is 205 g/mol. The molecule has 0 saturated carbocycles. The summed E-state index contributed by atoms with van der Waals surface area (Å²) in [7, 11) is 0. The molecular weight excluding hydrogens is 190 g/mol. The fraction of sp³-hybridized carbons (Fsp3) is 0.417. The maximum Gasteiger partial charge on any atom is 0.303 e. The van der Waals surface area contributed by atoms with E-state index in [1.165, 1.54) is 5.56 Å². The first-order chi connectivity index (χ1) is 7.27. The lowest BCUT2D eigenvalue weighted by atomic mass is 9.92. The van der Waals surface area contributed by atoms with Crippen LogP contribution >= 0.6 is 0 Å². The molecule has 1 aliphatic rings. The maximum atomic E-state index is 10.7. The molecule has 1 aliphatic heterocycles. The van der Waals surface area contributed by atoms with E-state index in [0.717, 1.165) is 13.0 Å². The fourth-order valence-electron chi connectivity index (χ4n) is 2.25. The van der Waals surface area contributed by atoms with E-state index in [1.54, 1.807) is 0 Å². The van der Waals surface area contributed by atoms with Crippen LogP contribution in [0, 0.1) is 5.92 Å². The molecule has 80 valence electrons. The Bertz CT molecular complexity index is 337. The van der Waals surface area contributed by atoms with Crippen LogP contribution < -0.4 is 5.32 Å². The zero-order chi connectivity index (χ0) is 10.7. The number of nitrogens with one attached hydrogen (secondary N) is 1. The molecule has 15 heavy (non-hydrogen) atoms. The minimum atomic E-state index is -0.704. The van der Waals surface area contributed by atoms with Crippen molar-refractivity contribution in [3.05, 3.63) is 35.9 Å². The summed E-state index contributed by atoms with van der Waals surface area (Å²) in [5.74, 6) is -0.477. The van der Waals surface area contributed by atoms with Crippen molar-refractivity contribution in [2.24, 2.45) is 5.92 Å². The smallest absolute Gasteiger partial charge is 0.303 e. The summed E-state index contributed by atoms with van der Waals surface area (Å²) in [6, 6.07) is 10.3. The Morgan fingerprint density at radius 3 is 2.80 bits per heavy atom. The molecule has 1 heterocycles. The number of carboxylic acids is 1. The van der Waals surface area contributed by atoms with Crippen LogP contribution in [0.5, 0.6) is 0 Å². The Balaban J connectivity index is 2.11. The quantitative estimate of drug-likeness (QED) is 0.791. The van der Waals surface area contributed by atoms with Gasteiger partial charge in [0.2, 0.25) is 0 Å². The van der Waals surface area contributed by atoms with Crippen molar-refractivity contribution in [3.63, 3.8) is 0 Å². The number of aliphatic carboxylic acids is 1. The van der Waals surface area contributed by atoms with Crippen molar-refractivity contribution < 1.29 is 9.90 Å². The van der Waals surface area contributed by atoms with Crippen molar-refractivity contribution in [1.82, 2.24) is 5.32 Å². The molecule has 0 bridgehead atoms. The van der Waals surface area contributed by atoms with Gasteiger partial charge in [-0.2, -0.15) is 0 Å². The van der Waals surface area contributed by atoms with Gasteiger partial charge in [0, 0.05) is 6.04 Å². The van der Waals surface area contributed by atoms with Crippen molar-refractivity contribution in [2.45, 2.75) is 18.9 Å². The molecule has 0 radical (unpaired) electrons. The van der Waals surface area contributed by atoms with E-state index in [0.29, 0.717) is 0 Å². The zero-order valence-corrected chi connectivity index (χ0v) is 8.52. The molecule has 1 saturated heterocycles. The van der Waals surface area contributed by atoms with Gasteiger partial charge in [0.25, 0.3) is 0 Å².